The molecule has 0 spiro atoms. The van der Waals surface area contributed by atoms with E-state index in [9.17, 15) is 0 Å². The fourth-order valence-electron chi connectivity index (χ4n) is 2.40. The van der Waals surface area contributed by atoms with Crippen molar-refractivity contribution in [3.8, 4) is 0 Å². The second kappa shape index (κ2) is 5.48. The van der Waals surface area contributed by atoms with E-state index in [4.69, 9.17) is 4.74 Å². The molecule has 96 valence electrons. The lowest BCUT2D eigenvalue weighted by molar-refractivity contribution is -0.0323. The summed E-state index contributed by atoms with van der Waals surface area (Å²) in [6, 6.07) is 1.22. The van der Waals surface area contributed by atoms with Gasteiger partial charge in [-0.3, -0.25) is 4.90 Å². The average Bonchev–Trinajstić information content (AvgIpc) is 2.16. The van der Waals surface area contributed by atoms with E-state index in [2.05, 4.69) is 44.8 Å². The van der Waals surface area contributed by atoms with E-state index in [1.54, 1.807) is 7.11 Å². The maximum Gasteiger partial charge on any atom is 0.0749 e. The molecule has 2 atom stereocenters. The summed E-state index contributed by atoms with van der Waals surface area (Å²) in [5.41, 5.74) is -0.0514. The van der Waals surface area contributed by atoms with Gasteiger partial charge in [-0.2, -0.15) is 0 Å². The minimum Gasteiger partial charge on any atom is -0.377 e. The zero-order valence-electron chi connectivity index (χ0n) is 11.7. The van der Waals surface area contributed by atoms with Crippen LogP contribution in [-0.4, -0.2) is 49.3 Å². The van der Waals surface area contributed by atoms with Crippen LogP contribution >= 0.6 is 0 Å². The molecule has 1 aliphatic rings. The third kappa shape index (κ3) is 3.72. The molecule has 0 aromatic rings. The molecule has 16 heavy (non-hydrogen) atoms. The molecule has 1 fully saturated rings. The zero-order chi connectivity index (χ0) is 12.3. The van der Waals surface area contributed by atoms with Crippen LogP contribution in [-0.2, 0) is 4.74 Å². The number of methoxy groups -OCH3 is 1. The van der Waals surface area contributed by atoms with Crippen LogP contribution in [0.5, 0.6) is 0 Å². The topological polar surface area (TPSA) is 24.5 Å². The van der Waals surface area contributed by atoms with Crippen molar-refractivity contribution < 1.29 is 4.74 Å². The summed E-state index contributed by atoms with van der Waals surface area (Å²) >= 11 is 0. The van der Waals surface area contributed by atoms with Gasteiger partial charge in [-0.1, -0.05) is 13.8 Å². The summed E-state index contributed by atoms with van der Waals surface area (Å²) < 4.78 is 5.54. The van der Waals surface area contributed by atoms with Crippen LogP contribution in [0, 0.1) is 5.92 Å². The molecule has 0 radical (unpaired) electrons. The van der Waals surface area contributed by atoms with Gasteiger partial charge >= 0.3 is 0 Å². The van der Waals surface area contributed by atoms with Gasteiger partial charge in [0.1, 0.15) is 0 Å². The molecular weight excluding hydrogens is 200 g/mol. The standard InChI is InChI=1S/C13H28N2O/c1-10(2)12-7-14-11(3)8-15(12)9-13(4,5)16-6/h10-12,14H,7-9H2,1-6H3. The van der Waals surface area contributed by atoms with Crippen molar-refractivity contribution in [2.24, 2.45) is 5.92 Å². The van der Waals surface area contributed by atoms with Crippen molar-refractivity contribution >= 4 is 0 Å². The van der Waals surface area contributed by atoms with Gasteiger partial charge in [0.2, 0.25) is 0 Å². The van der Waals surface area contributed by atoms with Gasteiger partial charge < -0.3 is 10.1 Å². The van der Waals surface area contributed by atoms with E-state index in [1.807, 2.05) is 0 Å². The van der Waals surface area contributed by atoms with Gasteiger partial charge in [0.15, 0.2) is 0 Å². The van der Waals surface area contributed by atoms with Crippen molar-refractivity contribution in [2.75, 3.05) is 26.7 Å². The first kappa shape index (κ1) is 13.9. The number of nitrogens with zero attached hydrogens (tertiary/aromatic N) is 1. The molecule has 1 heterocycles. The number of nitrogens with one attached hydrogen (secondary N) is 1. The Hall–Kier alpha value is -0.120. The van der Waals surface area contributed by atoms with E-state index in [0.717, 1.165) is 19.6 Å². The van der Waals surface area contributed by atoms with Gasteiger partial charge in [0.05, 0.1) is 5.60 Å². The van der Waals surface area contributed by atoms with Crippen LogP contribution in [0.1, 0.15) is 34.6 Å². The highest BCUT2D eigenvalue weighted by atomic mass is 16.5. The molecule has 0 saturated carbocycles. The van der Waals surface area contributed by atoms with Crippen molar-refractivity contribution in [1.82, 2.24) is 10.2 Å². The predicted molar refractivity (Wildman–Crippen MR) is 68.8 cm³/mol. The van der Waals surface area contributed by atoms with E-state index < -0.39 is 0 Å². The van der Waals surface area contributed by atoms with Crippen molar-refractivity contribution in [3.05, 3.63) is 0 Å². The highest BCUT2D eigenvalue weighted by Gasteiger charge is 2.32. The second-order valence-electron chi connectivity index (χ2n) is 6.01. The Morgan fingerprint density at radius 1 is 1.44 bits per heavy atom. The van der Waals surface area contributed by atoms with Gasteiger partial charge in [-0.25, -0.2) is 0 Å². The molecule has 1 saturated heterocycles. The van der Waals surface area contributed by atoms with Gasteiger partial charge in [0.25, 0.3) is 0 Å². The van der Waals surface area contributed by atoms with Crippen molar-refractivity contribution in [1.29, 1.82) is 0 Å². The SMILES string of the molecule is COC(C)(C)CN1CC(C)NCC1C(C)C. The summed E-state index contributed by atoms with van der Waals surface area (Å²) in [6.45, 7) is 14.4. The molecule has 0 aliphatic carbocycles. The van der Waals surface area contributed by atoms with E-state index in [0.29, 0.717) is 18.0 Å². The molecule has 2 unspecified atom stereocenters. The first-order valence-electron chi connectivity index (χ1n) is 6.38. The Balaban J connectivity index is 2.64. The Morgan fingerprint density at radius 3 is 2.56 bits per heavy atom. The van der Waals surface area contributed by atoms with Crippen LogP contribution < -0.4 is 5.32 Å². The summed E-state index contributed by atoms with van der Waals surface area (Å²) in [4.78, 5) is 2.58. The van der Waals surface area contributed by atoms with Gasteiger partial charge in [0, 0.05) is 38.8 Å². The molecule has 0 amide bonds. The second-order valence-corrected chi connectivity index (χ2v) is 6.01. The minimum atomic E-state index is -0.0514. The molecule has 1 rings (SSSR count). The first-order chi connectivity index (χ1) is 7.35. The summed E-state index contributed by atoms with van der Waals surface area (Å²) in [5.74, 6) is 0.688. The third-order valence-corrected chi connectivity index (χ3v) is 3.56. The van der Waals surface area contributed by atoms with Crippen LogP contribution in [0.2, 0.25) is 0 Å². The Morgan fingerprint density at radius 2 is 2.06 bits per heavy atom. The maximum atomic E-state index is 5.54. The first-order valence-corrected chi connectivity index (χ1v) is 6.38. The fraction of sp³-hybridized carbons (Fsp3) is 1.00. The Labute approximate surface area is 101 Å². The number of rotatable bonds is 4. The molecule has 1 N–H and O–H groups in total. The largest absolute Gasteiger partial charge is 0.377 e. The molecule has 0 aromatic heterocycles. The summed E-state index contributed by atoms with van der Waals surface area (Å²) in [7, 11) is 1.80. The van der Waals surface area contributed by atoms with Crippen LogP contribution in [0.3, 0.4) is 0 Å². The average molecular weight is 228 g/mol. The molecule has 0 bridgehead atoms. The quantitative estimate of drug-likeness (QED) is 0.793. The normalized spacial score (nSPS) is 28.7. The lowest BCUT2D eigenvalue weighted by atomic mass is 9.96. The lowest BCUT2D eigenvalue weighted by Crippen LogP contribution is -2.60. The van der Waals surface area contributed by atoms with E-state index in [1.165, 1.54) is 0 Å². The maximum absolute atomic E-state index is 5.54. The highest BCUT2D eigenvalue weighted by molar-refractivity contribution is 4.89. The van der Waals surface area contributed by atoms with Crippen LogP contribution in [0.15, 0.2) is 0 Å². The monoisotopic (exact) mass is 228 g/mol. The van der Waals surface area contributed by atoms with Crippen LogP contribution in [0.4, 0.5) is 0 Å². The summed E-state index contributed by atoms with van der Waals surface area (Å²) in [6.07, 6.45) is 0. The van der Waals surface area contributed by atoms with E-state index >= 15 is 0 Å². The van der Waals surface area contributed by atoms with Gasteiger partial charge in [-0.05, 0) is 26.7 Å². The Kier molecular flexibility index (Phi) is 4.77. The Bertz CT molecular complexity index is 216. The molecule has 0 aromatic carbocycles. The lowest BCUT2D eigenvalue weighted by Gasteiger charge is -2.44. The molecule has 3 heteroatoms. The van der Waals surface area contributed by atoms with Gasteiger partial charge in [-0.15, -0.1) is 0 Å². The molecule has 1 aliphatic heterocycles. The smallest absolute Gasteiger partial charge is 0.0749 e. The zero-order valence-corrected chi connectivity index (χ0v) is 11.7. The summed E-state index contributed by atoms with van der Waals surface area (Å²) in [5, 5.41) is 3.56. The molecule has 3 nitrogen and oxygen atoms in total. The fourth-order valence-corrected chi connectivity index (χ4v) is 2.40. The molecular formula is C13H28N2O. The number of hydrogen-bond acceptors (Lipinski definition) is 3. The van der Waals surface area contributed by atoms with Crippen molar-refractivity contribution in [3.63, 3.8) is 0 Å². The van der Waals surface area contributed by atoms with Crippen molar-refractivity contribution in [2.45, 2.75) is 52.3 Å². The van der Waals surface area contributed by atoms with E-state index in [-0.39, 0.29) is 5.60 Å². The number of hydrogen-bond donors (Lipinski definition) is 1. The highest BCUT2D eigenvalue weighted by Crippen LogP contribution is 2.19. The predicted octanol–water partition coefficient (Wildman–Crippen LogP) is 1.73. The minimum absolute atomic E-state index is 0.0514. The number of piperazine rings is 1. The number of ether oxygens (including phenoxy) is 1. The third-order valence-electron chi connectivity index (χ3n) is 3.56. The van der Waals surface area contributed by atoms with Crippen LogP contribution in [0.25, 0.3) is 0 Å².